The average molecular weight is 165 g/mol. The van der Waals surface area contributed by atoms with Crippen LogP contribution in [0.4, 0.5) is 0 Å². The predicted octanol–water partition coefficient (Wildman–Crippen LogP) is 2.68. The van der Waals surface area contributed by atoms with Crippen molar-refractivity contribution in [2.75, 3.05) is 7.11 Å². The topological polar surface area (TPSA) is 21.6 Å². The smallest absolute Gasteiger partial charge is 0.212 e. The van der Waals surface area contributed by atoms with Crippen LogP contribution in [-0.4, -0.2) is 13.0 Å². The van der Waals surface area contributed by atoms with Gasteiger partial charge >= 0.3 is 0 Å². The van der Waals surface area contributed by atoms with Gasteiger partial charge in [-0.2, -0.15) is 0 Å². The van der Waals surface area contributed by atoms with Gasteiger partial charge in [0.15, 0.2) is 0 Å². The van der Waals surface area contributed by atoms with Gasteiger partial charge in [-0.3, -0.25) is 0 Å². The number of hydrogen-bond donors (Lipinski definition) is 0. The highest BCUT2D eigenvalue weighted by Gasteiger charge is 1.90. The summed E-state index contributed by atoms with van der Waals surface area (Å²) < 4.78 is 5.03. The van der Waals surface area contributed by atoms with Crippen molar-refractivity contribution in [3.05, 3.63) is 24.4 Å². The van der Waals surface area contributed by atoms with Gasteiger partial charge in [0.25, 0.3) is 0 Å². The number of rotatable bonds is 0. The Morgan fingerprint density at radius 1 is 1.25 bits per heavy atom. The molecule has 0 saturated carbocycles. The Bertz CT molecular complexity index is 204. The third-order valence-corrected chi connectivity index (χ3v) is 1.77. The zero-order valence-electron chi connectivity index (χ0n) is 7.49. The van der Waals surface area contributed by atoms with Gasteiger partial charge in [-0.25, -0.2) is 4.99 Å². The summed E-state index contributed by atoms with van der Waals surface area (Å²) in [6.45, 7) is 0. The molecule has 0 amide bonds. The Kier molecular flexibility index (Phi) is 4.21. The standard InChI is InChI=1S/C10H15NO/c1-12-10-8-6-4-2-3-5-7-9-11-10/h6-9H,2-5H2,1H3/b8-6?,9-7-,11-10?. The predicted molar refractivity (Wildman–Crippen MR) is 51.2 cm³/mol. The molecule has 0 fully saturated rings. The SMILES string of the molecule is COC1=N/C=C\CCCCC=C1. The number of aliphatic imine (C=N–C) groups is 1. The lowest BCUT2D eigenvalue weighted by Crippen LogP contribution is -1.95. The minimum absolute atomic E-state index is 0.688. The lowest BCUT2D eigenvalue weighted by molar-refractivity contribution is 0.406. The molecule has 0 aromatic heterocycles. The monoisotopic (exact) mass is 165 g/mol. The van der Waals surface area contributed by atoms with Crippen LogP contribution >= 0.6 is 0 Å². The van der Waals surface area contributed by atoms with E-state index in [9.17, 15) is 0 Å². The molecule has 0 aliphatic carbocycles. The first-order valence-electron chi connectivity index (χ1n) is 4.37. The van der Waals surface area contributed by atoms with Crippen molar-refractivity contribution in [3.63, 3.8) is 0 Å². The summed E-state index contributed by atoms with van der Waals surface area (Å²) in [5.74, 6) is 0.688. The lowest BCUT2D eigenvalue weighted by Gasteiger charge is -1.99. The maximum atomic E-state index is 5.03. The van der Waals surface area contributed by atoms with Crippen LogP contribution in [0.1, 0.15) is 25.7 Å². The van der Waals surface area contributed by atoms with Crippen molar-refractivity contribution in [2.24, 2.45) is 4.99 Å². The van der Waals surface area contributed by atoms with E-state index in [1.165, 1.54) is 12.8 Å². The Morgan fingerprint density at radius 3 is 2.75 bits per heavy atom. The van der Waals surface area contributed by atoms with Crippen molar-refractivity contribution in [1.29, 1.82) is 0 Å². The van der Waals surface area contributed by atoms with Crippen LogP contribution in [0.3, 0.4) is 0 Å². The van der Waals surface area contributed by atoms with Gasteiger partial charge in [0.05, 0.1) is 7.11 Å². The minimum Gasteiger partial charge on any atom is -0.481 e. The summed E-state index contributed by atoms with van der Waals surface area (Å²) in [6.07, 6.45) is 12.7. The fourth-order valence-corrected chi connectivity index (χ4v) is 1.07. The number of ether oxygens (including phenoxy) is 1. The summed E-state index contributed by atoms with van der Waals surface area (Å²) >= 11 is 0. The molecule has 0 aromatic rings. The van der Waals surface area contributed by atoms with Gasteiger partial charge in [0, 0.05) is 6.20 Å². The van der Waals surface area contributed by atoms with Gasteiger partial charge in [-0.1, -0.05) is 12.2 Å². The summed E-state index contributed by atoms with van der Waals surface area (Å²) in [5, 5.41) is 0. The Balaban J connectivity index is 2.59. The van der Waals surface area contributed by atoms with Crippen LogP contribution in [0.25, 0.3) is 0 Å². The molecule has 12 heavy (non-hydrogen) atoms. The van der Waals surface area contributed by atoms with Crippen LogP contribution in [0.2, 0.25) is 0 Å². The molecule has 1 rings (SSSR count). The van der Waals surface area contributed by atoms with E-state index in [1.54, 1.807) is 7.11 Å². The number of allylic oxidation sites excluding steroid dienone is 2. The van der Waals surface area contributed by atoms with Crippen LogP contribution < -0.4 is 0 Å². The Labute approximate surface area is 73.6 Å². The van der Waals surface area contributed by atoms with E-state index >= 15 is 0 Å². The maximum absolute atomic E-state index is 5.03. The second-order valence-corrected chi connectivity index (χ2v) is 2.74. The van der Waals surface area contributed by atoms with Crippen molar-refractivity contribution < 1.29 is 4.74 Å². The molecule has 2 heteroatoms. The normalized spacial score (nSPS) is 21.2. The third kappa shape index (κ3) is 3.37. The summed E-state index contributed by atoms with van der Waals surface area (Å²) in [5.41, 5.74) is 0. The molecule has 0 bridgehead atoms. The number of nitrogens with zero attached hydrogens (tertiary/aromatic N) is 1. The molecule has 0 aromatic carbocycles. The highest BCUT2D eigenvalue weighted by Crippen LogP contribution is 2.03. The first kappa shape index (κ1) is 9.04. The molecule has 0 spiro atoms. The van der Waals surface area contributed by atoms with Gasteiger partial charge < -0.3 is 4.74 Å². The summed E-state index contributed by atoms with van der Waals surface area (Å²) in [7, 11) is 1.64. The first-order chi connectivity index (χ1) is 5.93. The van der Waals surface area contributed by atoms with Crippen LogP contribution in [0.5, 0.6) is 0 Å². The van der Waals surface area contributed by atoms with E-state index in [0.717, 1.165) is 12.8 Å². The molecule has 0 N–H and O–H groups in total. The number of methoxy groups -OCH3 is 1. The summed E-state index contributed by atoms with van der Waals surface area (Å²) in [6, 6.07) is 0. The fraction of sp³-hybridized carbons (Fsp3) is 0.500. The molecule has 66 valence electrons. The summed E-state index contributed by atoms with van der Waals surface area (Å²) in [4.78, 5) is 4.13. The second-order valence-electron chi connectivity index (χ2n) is 2.74. The average Bonchev–Trinajstić information content (AvgIpc) is 2.14. The van der Waals surface area contributed by atoms with E-state index < -0.39 is 0 Å². The minimum atomic E-state index is 0.688. The molecular formula is C10H15NO. The van der Waals surface area contributed by atoms with Gasteiger partial charge in [0.2, 0.25) is 5.90 Å². The van der Waals surface area contributed by atoms with Crippen LogP contribution in [-0.2, 0) is 4.74 Å². The molecule has 1 aliphatic heterocycles. The van der Waals surface area contributed by atoms with E-state index in [0.29, 0.717) is 5.90 Å². The van der Waals surface area contributed by atoms with E-state index in [2.05, 4.69) is 17.1 Å². The van der Waals surface area contributed by atoms with E-state index in [-0.39, 0.29) is 0 Å². The molecule has 0 unspecified atom stereocenters. The second kappa shape index (κ2) is 5.58. The molecule has 2 nitrogen and oxygen atoms in total. The third-order valence-electron chi connectivity index (χ3n) is 1.77. The molecule has 1 heterocycles. The molecule has 0 radical (unpaired) electrons. The van der Waals surface area contributed by atoms with Crippen LogP contribution in [0.15, 0.2) is 29.4 Å². The lowest BCUT2D eigenvalue weighted by atomic mass is 10.2. The zero-order valence-corrected chi connectivity index (χ0v) is 7.49. The Hall–Kier alpha value is -1.05. The van der Waals surface area contributed by atoms with Crippen molar-refractivity contribution in [3.8, 4) is 0 Å². The number of hydrogen-bond acceptors (Lipinski definition) is 2. The van der Waals surface area contributed by atoms with Crippen molar-refractivity contribution in [2.45, 2.75) is 25.7 Å². The first-order valence-corrected chi connectivity index (χ1v) is 4.37. The zero-order chi connectivity index (χ0) is 8.65. The largest absolute Gasteiger partial charge is 0.481 e. The van der Waals surface area contributed by atoms with Gasteiger partial charge in [-0.15, -0.1) is 0 Å². The molecule has 1 aliphatic rings. The molecule has 0 atom stereocenters. The van der Waals surface area contributed by atoms with Crippen molar-refractivity contribution >= 4 is 5.90 Å². The van der Waals surface area contributed by atoms with E-state index in [1.807, 2.05) is 12.3 Å². The van der Waals surface area contributed by atoms with E-state index in [4.69, 9.17) is 4.74 Å². The highest BCUT2D eigenvalue weighted by molar-refractivity contribution is 5.87. The van der Waals surface area contributed by atoms with Crippen molar-refractivity contribution in [1.82, 2.24) is 0 Å². The maximum Gasteiger partial charge on any atom is 0.212 e. The highest BCUT2D eigenvalue weighted by atomic mass is 16.5. The van der Waals surface area contributed by atoms with Crippen LogP contribution in [0, 0.1) is 0 Å². The van der Waals surface area contributed by atoms with Gasteiger partial charge in [0.1, 0.15) is 0 Å². The Morgan fingerprint density at radius 2 is 2.00 bits per heavy atom. The fourth-order valence-electron chi connectivity index (χ4n) is 1.07. The molecule has 0 saturated heterocycles. The molecular weight excluding hydrogens is 150 g/mol. The quantitative estimate of drug-likeness (QED) is 0.540. The van der Waals surface area contributed by atoms with Gasteiger partial charge in [-0.05, 0) is 31.8 Å².